The van der Waals surface area contributed by atoms with Crippen LogP contribution in [0.5, 0.6) is 0 Å². The highest BCUT2D eigenvalue weighted by atomic mass is 32.1. The molecule has 4 aromatic rings. The molecule has 0 aliphatic carbocycles. The van der Waals surface area contributed by atoms with E-state index >= 15 is 0 Å². The van der Waals surface area contributed by atoms with Crippen molar-refractivity contribution in [3.8, 4) is 5.69 Å². The lowest BCUT2D eigenvalue weighted by Gasteiger charge is -2.28. The minimum absolute atomic E-state index is 0.127. The van der Waals surface area contributed by atoms with E-state index in [0.29, 0.717) is 11.7 Å². The lowest BCUT2D eigenvalue weighted by molar-refractivity contribution is 0.280. The van der Waals surface area contributed by atoms with Crippen molar-refractivity contribution in [3.63, 3.8) is 0 Å². The van der Waals surface area contributed by atoms with Crippen LogP contribution in [0.4, 0.5) is 4.39 Å². The second-order valence-corrected chi connectivity index (χ2v) is 7.50. The van der Waals surface area contributed by atoms with Gasteiger partial charge in [-0.3, -0.25) is 4.98 Å². The highest BCUT2D eigenvalue weighted by Gasteiger charge is 2.41. The van der Waals surface area contributed by atoms with E-state index in [1.165, 1.54) is 12.1 Å². The number of pyridine rings is 1. The van der Waals surface area contributed by atoms with E-state index in [1.807, 2.05) is 42.6 Å². The first-order chi connectivity index (χ1) is 14.7. The van der Waals surface area contributed by atoms with Gasteiger partial charge in [-0.25, -0.2) is 4.39 Å². The molecule has 5 nitrogen and oxygen atoms in total. The molecule has 1 saturated heterocycles. The molecular weight excluding hydrogens is 399 g/mol. The smallest absolute Gasteiger partial charge is 0.170 e. The van der Waals surface area contributed by atoms with Gasteiger partial charge in [0, 0.05) is 23.8 Å². The molecule has 0 bridgehead atoms. The van der Waals surface area contributed by atoms with Crippen molar-refractivity contribution in [2.75, 3.05) is 0 Å². The molecule has 30 heavy (non-hydrogen) atoms. The number of furan rings is 1. The molecule has 0 unspecified atom stereocenters. The average Bonchev–Trinajstić information content (AvgIpc) is 3.51. The molecular formula is C23H19FN4OS. The molecule has 150 valence electrons. The standard InChI is InChI=1S/C23H19FN4OS/c24-16-8-10-17(11-9-16)27-13-3-7-20(27)22-21(19-6-1-2-12-25-19)26-23(30)28(22)15-18-5-4-14-29-18/h1-14,21-22H,15H2,(H,26,30)/t21-,22+/m1/s1. The van der Waals surface area contributed by atoms with Gasteiger partial charge in [0.2, 0.25) is 0 Å². The van der Waals surface area contributed by atoms with E-state index in [-0.39, 0.29) is 17.9 Å². The molecule has 4 heterocycles. The van der Waals surface area contributed by atoms with Gasteiger partial charge < -0.3 is 19.2 Å². The Bertz CT molecular complexity index is 1140. The van der Waals surface area contributed by atoms with Gasteiger partial charge in [0.05, 0.1) is 30.6 Å². The molecule has 0 spiro atoms. The van der Waals surface area contributed by atoms with Crippen LogP contribution in [0.25, 0.3) is 5.69 Å². The molecule has 1 aliphatic rings. The number of nitrogens with zero attached hydrogens (tertiary/aromatic N) is 3. The molecule has 0 saturated carbocycles. The Morgan fingerprint density at radius 3 is 2.63 bits per heavy atom. The van der Waals surface area contributed by atoms with Gasteiger partial charge in [0.25, 0.3) is 0 Å². The van der Waals surface area contributed by atoms with Crippen LogP contribution in [0.2, 0.25) is 0 Å². The first kappa shape index (κ1) is 18.6. The topological polar surface area (TPSA) is 46.2 Å². The van der Waals surface area contributed by atoms with Gasteiger partial charge in [-0.1, -0.05) is 6.07 Å². The summed E-state index contributed by atoms with van der Waals surface area (Å²) in [4.78, 5) is 6.68. The molecule has 1 aliphatic heterocycles. The van der Waals surface area contributed by atoms with Crippen molar-refractivity contribution in [2.45, 2.75) is 18.6 Å². The average molecular weight is 418 g/mol. The van der Waals surface area contributed by atoms with Crippen LogP contribution in [-0.2, 0) is 6.54 Å². The Labute approximate surface area is 178 Å². The zero-order valence-corrected chi connectivity index (χ0v) is 16.8. The lowest BCUT2D eigenvalue weighted by atomic mass is 10.0. The Morgan fingerprint density at radius 2 is 1.90 bits per heavy atom. The molecule has 3 aromatic heterocycles. The minimum Gasteiger partial charge on any atom is -0.467 e. The third kappa shape index (κ3) is 3.37. The third-order valence-corrected chi connectivity index (χ3v) is 5.64. The zero-order chi connectivity index (χ0) is 20.5. The number of aromatic nitrogens is 2. The van der Waals surface area contributed by atoms with Gasteiger partial charge in [-0.2, -0.15) is 0 Å². The molecule has 0 radical (unpaired) electrons. The molecule has 1 aromatic carbocycles. The van der Waals surface area contributed by atoms with Gasteiger partial charge in [0.1, 0.15) is 11.6 Å². The van der Waals surface area contributed by atoms with Crippen molar-refractivity contribution in [1.82, 2.24) is 19.8 Å². The maximum absolute atomic E-state index is 13.5. The van der Waals surface area contributed by atoms with Crippen LogP contribution in [0.3, 0.4) is 0 Å². The monoisotopic (exact) mass is 418 g/mol. The van der Waals surface area contributed by atoms with Gasteiger partial charge >= 0.3 is 0 Å². The van der Waals surface area contributed by atoms with Crippen LogP contribution < -0.4 is 5.32 Å². The SMILES string of the molecule is Fc1ccc(-n2cccc2[C@H]2[C@@H](c3ccccn3)NC(=S)N2Cc2ccco2)cc1. The van der Waals surface area contributed by atoms with E-state index < -0.39 is 0 Å². The second kappa shape index (κ2) is 7.76. The fourth-order valence-corrected chi connectivity index (χ4v) is 4.24. The predicted molar refractivity (Wildman–Crippen MR) is 115 cm³/mol. The number of benzene rings is 1. The van der Waals surface area contributed by atoms with Crippen LogP contribution in [-0.4, -0.2) is 19.6 Å². The second-order valence-electron chi connectivity index (χ2n) is 7.11. The van der Waals surface area contributed by atoms with E-state index in [4.69, 9.17) is 16.6 Å². The summed E-state index contributed by atoms with van der Waals surface area (Å²) in [6.07, 6.45) is 5.42. The van der Waals surface area contributed by atoms with Crippen molar-refractivity contribution >= 4 is 17.3 Å². The number of nitrogens with one attached hydrogen (secondary N) is 1. The largest absolute Gasteiger partial charge is 0.467 e. The zero-order valence-electron chi connectivity index (χ0n) is 16.0. The molecule has 5 rings (SSSR count). The maximum Gasteiger partial charge on any atom is 0.170 e. The van der Waals surface area contributed by atoms with Crippen LogP contribution in [0.1, 0.15) is 29.2 Å². The number of halogens is 1. The van der Waals surface area contributed by atoms with Crippen molar-refractivity contribution in [1.29, 1.82) is 0 Å². The van der Waals surface area contributed by atoms with Crippen LogP contribution in [0.15, 0.2) is 89.8 Å². The lowest BCUT2D eigenvalue weighted by Crippen LogP contribution is -2.29. The van der Waals surface area contributed by atoms with Crippen molar-refractivity contribution in [3.05, 3.63) is 108 Å². The van der Waals surface area contributed by atoms with Crippen molar-refractivity contribution < 1.29 is 8.81 Å². The fraction of sp³-hybridized carbons (Fsp3) is 0.130. The summed E-state index contributed by atoms with van der Waals surface area (Å²) < 4.78 is 21.1. The van der Waals surface area contributed by atoms with Crippen LogP contribution >= 0.6 is 12.2 Å². The van der Waals surface area contributed by atoms with Crippen LogP contribution in [0, 0.1) is 5.82 Å². The van der Waals surface area contributed by atoms with E-state index in [1.54, 1.807) is 24.6 Å². The molecule has 2 atom stereocenters. The molecule has 0 amide bonds. The summed E-state index contributed by atoms with van der Waals surface area (Å²) in [6.45, 7) is 0.529. The molecule has 1 fully saturated rings. The summed E-state index contributed by atoms with van der Waals surface area (Å²) in [5, 5.41) is 4.08. The Balaban J connectivity index is 1.60. The summed E-state index contributed by atoms with van der Waals surface area (Å²) in [5.41, 5.74) is 2.81. The first-order valence-electron chi connectivity index (χ1n) is 9.64. The number of hydrogen-bond acceptors (Lipinski definition) is 3. The Hall–Kier alpha value is -3.45. The summed E-state index contributed by atoms with van der Waals surface area (Å²) >= 11 is 5.71. The molecule has 1 N–H and O–H groups in total. The normalized spacial score (nSPS) is 18.6. The highest BCUT2D eigenvalue weighted by molar-refractivity contribution is 7.80. The molecule has 7 heteroatoms. The minimum atomic E-state index is -0.262. The Morgan fingerprint density at radius 1 is 1.03 bits per heavy atom. The van der Waals surface area contributed by atoms with E-state index in [2.05, 4.69) is 25.8 Å². The third-order valence-electron chi connectivity index (χ3n) is 5.29. The summed E-state index contributed by atoms with van der Waals surface area (Å²) in [7, 11) is 0. The maximum atomic E-state index is 13.5. The van der Waals surface area contributed by atoms with Gasteiger partial charge in [0.15, 0.2) is 5.11 Å². The summed E-state index contributed by atoms with van der Waals surface area (Å²) in [5.74, 6) is 0.563. The summed E-state index contributed by atoms with van der Waals surface area (Å²) in [6, 6.07) is 19.9. The van der Waals surface area contributed by atoms with E-state index in [0.717, 1.165) is 22.8 Å². The number of rotatable bonds is 5. The van der Waals surface area contributed by atoms with Crippen molar-refractivity contribution in [2.24, 2.45) is 0 Å². The van der Waals surface area contributed by atoms with Gasteiger partial charge in [-0.15, -0.1) is 0 Å². The Kier molecular flexibility index (Phi) is 4.80. The fourth-order valence-electron chi connectivity index (χ4n) is 3.94. The van der Waals surface area contributed by atoms with E-state index in [9.17, 15) is 4.39 Å². The number of hydrogen-bond donors (Lipinski definition) is 1. The quantitative estimate of drug-likeness (QED) is 0.473. The van der Waals surface area contributed by atoms with Gasteiger partial charge in [-0.05, 0) is 72.9 Å². The number of thiocarbonyl (C=S) groups is 1. The predicted octanol–water partition coefficient (Wildman–Crippen LogP) is 4.78. The first-order valence-corrected chi connectivity index (χ1v) is 10.1. The highest BCUT2D eigenvalue weighted by Crippen LogP contribution is 2.40.